The first-order valence-corrected chi connectivity index (χ1v) is 12.2. The van der Waals surface area contributed by atoms with E-state index < -0.39 is 52.8 Å². The minimum Gasteiger partial charge on any atom is -0.487 e. The molecule has 7 nitrogen and oxygen atoms in total. The number of nitrogens with one attached hydrogen (secondary N) is 2. The number of carboxylic acid groups (broad SMARTS) is 1. The molecule has 1 saturated carbocycles. The van der Waals surface area contributed by atoms with Crippen molar-refractivity contribution in [1.29, 1.82) is 0 Å². The predicted octanol–water partition coefficient (Wildman–Crippen LogP) is 4.50. The van der Waals surface area contributed by atoms with E-state index in [1.165, 1.54) is 29.5 Å². The number of thiophene rings is 1. The number of hydrogen-bond acceptors (Lipinski definition) is 5. The van der Waals surface area contributed by atoms with E-state index in [-0.39, 0.29) is 18.8 Å². The summed E-state index contributed by atoms with van der Waals surface area (Å²) in [7, 11) is 0. The van der Waals surface area contributed by atoms with Crippen LogP contribution in [0.3, 0.4) is 0 Å². The van der Waals surface area contributed by atoms with Crippen LogP contribution in [0.4, 0.5) is 13.2 Å². The van der Waals surface area contributed by atoms with Crippen molar-refractivity contribution >= 4 is 39.2 Å². The number of aliphatic carboxylic acids is 1. The number of carbonyl (C=O) groups excluding carboxylic acids is 2. The van der Waals surface area contributed by atoms with E-state index in [2.05, 4.69) is 10.6 Å². The maximum Gasteiger partial charge on any atom is 0.306 e. The number of ether oxygens (including phenoxy) is 1. The molecule has 1 aliphatic rings. The number of rotatable bonds is 8. The molecule has 4 rings (SSSR count). The summed E-state index contributed by atoms with van der Waals surface area (Å²) in [6, 6.07) is 8.07. The van der Waals surface area contributed by atoms with Crippen molar-refractivity contribution in [2.24, 2.45) is 5.92 Å². The molecule has 0 radical (unpaired) electrons. The number of fused-ring (bicyclic) bond motifs is 1. The van der Waals surface area contributed by atoms with Crippen molar-refractivity contribution in [3.8, 4) is 5.75 Å². The van der Waals surface area contributed by atoms with Crippen molar-refractivity contribution in [1.82, 2.24) is 10.6 Å². The lowest BCUT2D eigenvalue weighted by atomic mass is 9.87. The molecule has 3 N–H and O–H groups in total. The molecule has 0 atom stereocenters. The van der Waals surface area contributed by atoms with Gasteiger partial charge in [0.2, 0.25) is 5.82 Å². The zero-order chi connectivity index (χ0) is 25.8. The van der Waals surface area contributed by atoms with Crippen LogP contribution in [0.1, 0.15) is 45.7 Å². The van der Waals surface area contributed by atoms with E-state index in [1.807, 2.05) is 0 Å². The van der Waals surface area contributed by atoms with E-state index in [0.717, 1.165) is 10.8 Å². The molecule has 0 aliphatic heterocycles. The van der Waals surface area contributed by atoms with Gasteiger partial charge in [-0.1, -0.05) is 0 Å². The highest BCUT2D eigenvalue weighted by Crippen LogP contribution is 2.30. The average molecular weight is 521 g/mol. The SMILES string of the molecule is O=C(NCCNC(=O)c1ccc(OC2CCC(C(=O)O)CC2)c(F)c1F)c1cc2cc(F)ccc2s1. The second-order valence-electron chi connectivity index (χ2n) is 8.47. The lowest BCUT2D eigenvalue weighted by molar-refractivity contribution is -0.143. The van der Waals surface area contributed by atoms with Gasteiger partial charge in [0, 0.05) is 17.8 Å². The van der Waals surface area contributed by atoms with E-state index >= 15 is 0 Å². The topological polar surface area (TPSA) is 105 Å². The van der Waals surface area contributed by atoms with Crippen LogP contribution in [0.5, 0.6) is 5.75 Å². The number of hydrogen-bond donors (Lipinski definition) is 3. The highest BCUT2D eigenvalue weighted by atomic mass is 32.1. The Morgan fingerprint density at radius 2 is 1.61 bits per heavy atom. The molecule has 190 valence electrons. The third-order valence-corrected chi connectivity index (χ3v) is 7.12. The van der Waals surface area contributed by atoms with Crippen LogP contribution in [-0.4, -0.2) is 42.1 Å². The van der Waals surface area contributed by atoms with Gasteiger partial charge >= 0.3 is 5.97 Å². The molecule has 3 aromatic rings. The average Bonchev–Trinajstić information content (AvgIpc) is 3.28. The van der Waals surface area contributed by atoms with Gasteiger partial charge < -0.3 is 20.5 Å². The van der Waals surface area contributed by atoms with Crippen molar-refractivity contribution in [3.05, 3.63) is 64.3 Å². The molecule has 0 spiro atoms. The molecule has 1 heterocycles. The third kappa shape index (κ3) is 5.78. The number of carboxylic acids is 1. The van der Waals surface area contributed by atoms with Crippen LogP contribution >= 0.6 is 11.3 Å². The van der Waals surface area contributed by atoms with Gasteiger partial charge in [-0.05, 0) is 67.5 Å². The fourth-order valence-corrected chi connectivity index (χ4v) is 5.03. The number of amides is 2. The maximum atomic E-state index is 14.5. The minimum absolute atomic E-state index is 0.0315. The third-order valence-electron chi connectivity index (χ3n) is 6.01. The van der Waals surface area contributed by atoms with Crippen LogP contribution in [0.15, 0.2) is 36.4 Å². The van der Waals surface area contributed by atoms with Gasteiger partial charge in [-0.2, -0.15) is 4.39 Å². The summed E-state index contributed by atoms with van der Waals surface area (Å²) in [5.41, 5.74) is -0.507. The molecule has 0 bridgehead atoms. The zero-order valence-corrected chi connectivity index (χ0v) is 19.8. The fourth-order valence-electron chi connectivity index (χ4n) is 4.07. The molecular formula is C25H23F3N2O5S. The normalized spacial score (nSPS) is 17.5. The predicted molar refractivity (Wildman–Crippen MR) is 127 cm³/mol. The Balaban J connectivity index is 1.27. The van der Waals surface area contributed by atoms with Crippen LogP contribution in [0, 0.1) is 23.4 Å². The smallest absolute Gasteiger partial charge is 0.306 e. The van der Waals surface area contributed by atoms with Gasteiger partial charge in [-0.15, -0.1) is 11.3 Å². The van der Waals surface area contributed by atoms with Crippen LogP contribution in [0.2, 0.25) is 0 Å². The lowest BCUT2D eigenvalue weighted by Gasteiger charge is -2.27. The number of benzene rings is 2. The standard InChI is InChI=1S/C25H23F3N2O5S/c26-15-3-8-19-14(11-15)12-20(36-19)24(32)30-10-9-29-23(31)17-6-7-18(22(28)21(17)27)35-16-4-1-13(2-5-16)25(33)34/h3,6-8,11-13,16H,1-2,4-5,9-10H2,(H,29,31)(H,30,32)(H,33,34). The van der Waals surface area contributed by atoms with Crippen molar-refractivity contribution in [2.75, 3.05) is 13.1 Å². The molecule has 11 heteroatoms. The fraction of sp³-hybridized carbons (Fsp3) is 0.320. The van der Waals surface area contributed by atoms with Crippen LogP contribution in [-0.2, 0) is 4.79 Å². The molecule has 2 amide bonds. The summed E-state index contributed by atoms with van der Waals surface area (Å²) < 4.78 is 48.7. The second kappa shape index (κ2) is 11.0. The van der Waals surface area contributed by atoms with Crippen LogP contribution < -0.4 is 15.4 Å². The Morgan fingerprint density at radius 1 is 0.917 bits per heavy atom. The van der Waals surface area contributed by atoms with Crippen molar-refractivity contribution in [2.45, 2.75) is 31.8 Å². The van der Waals surface area contributed by atoms with Crippen LogP contribution in [0.25, 0.3) is 10.1 Å². The van der Waals surface area contributed by atoms with Gasteiger partial charge in [0.05, 0.1) is 22.5 Å². The molecular weight excluding hydrogens is 497 g/mol. The first kappa shape index (κ1) is 25.5. The Bertz CT molecular complexity index is 1300. The molecule has 0 saturated heterocycles. The monoisotopic (exact) mass is 520 g/mol. The Hall–Kier alpha value is -3.60. The first-order valence-electron chi connectivity index (χ1n) is 11.4. The van der Waals surface area contributed by atoms with Crippen molar-refractivity contribution in [3.63, 3.8) is 0 Å². The number of carbonyl (C=O) groups is 3. The lowest BCUT2D eigenvalue weighted by Crippen LogP contribution is -2.34. The summed E-state index contributed by atoms with van der Waals surface area (Å²) in [6.07, 6.45) is 1.16. The molecule has 1 aliphatic carbocycles. The molecule has 1 fully saturated rings. The summed E-state index contributed by atoms with van der Waals surface area (Å²) in [6.45, 7) is 0.00766. The summed E-state index contributed by atoms with van der Waals surface area (Å²) in [5, 5.41) is 14.7. The van der Waals surface area contributed by atoms with Gasteiger partial charge in [0.1, 0.15) is 5.82 Å². The van der Waals surface area contributed by atoms with E-state index in [9.17, 15) is 27.6 Å². The van der Waals surface area contributed by atoms with E-state index in [4.69, 9.17) is 9.84 Å². The molecule has 1 aromatic heterocycles. The second-order valence-corrected chi connectivity index (χ2v) is 9.56. The first-order chi connectivity index (χ1) is 17.2. The quantitative estimate of drug-likeness (QED) is 0.380. The highest BCUT2D eigenvalue weighted by molar-refractivity contribution is 7.20. The Labute approximate surface area is 208 Å². The van der Waals surface area contributed by atoms with Crippen molar-refractivity contribution < 1.29 is 37.4 Å². The van der Waals surface area contributed by atoms with Gasteiger partial charge in [0.15, 0.2) is 11.6 Å². The van der Waals surface area contributed by atoms with Gasteiger partial charge in [-0.3, -0.25) is 14.4 Å². The summed E-state index contributed by atoms with van der Waals surface area (Å²) in [5.74, 6) is -5.98. The van der Waals surface area contributed by atoms with Gasteiger partial charge in [0.25, 0.3) is 11.8 Å². The summed E-state index contributed by atoms with van der Waals surface area (Å²) in [4.78, 5) is 36.0. The summed E-state index contributed by atoms with van der Waals surface area (Å²) >= 11 is 1.20. The molecule has 2 aromatic carbocycles. The zero-order valence-electron chi connectivity index (χ0n) is 19.0. The van der Waals surface area contributed by atoms with E-state index in [1.54, 1.807) is 12.1 Å². The number of halogens is 3. The molecule has 36 heavy (non-hydrogen) atoms. The Morgan fingerprint density at radius 3 is 2.31 bits per heavy atom. The Kier molecular flexibility index (Phi) is 7.78. The van der Waals surface area contributed by atoms with E-state index in [0.29, 0.717) is 35.9 Å². The maximum absolute atomic E-state index is 14.5. The minimum atomic E-state index is -1.36. The largest absolute Gasteiger partial charge is 0.487 e. The van der Waals surface area contributed by atoms with Gasteiger partial charge in [-0.25, -0.2) is 8.78 Å². The molecule has 0 unspecified atom stereocenters. The highest BCUT2D eigenvalue weighted by Gasteiger charge is 2.28.